The second-order valence-corrected chi connectivity index (χ2v) is 9.40. The van der Waals surface area contributed by atoms with Gasteiger partial charge in [0.2, 0.25) is 0 Å². The van der Waals surface area contributed by atoms with E-state index in [-0.39, 0.29) is 0 Å². The van der Waals surface area contributed by atoms with Crippen LogP contribution in [0.5, 0.6) is 0 Å². The van der Waals surface area contributed by atoms with E-state index in [0.29, 0.717) is 0 Å². The maximum Gasteiger partial charge on any atom is -0.0443 e. The Balaban J connectivity index is 3.09. The number of hydrogen-bond donors (Lipinski definition) is 0. The van der Waals surface area contributed by atoms with Gasteiger partial charge in [0.1, 0.15) is 0 Å². The van der Waals surface area contributed by atoms with Gasteiger partial charge < -0.3 is 0 Å². The zero-order valence-corrected chi connectivity index (χ0v) is 19.8. The fourth-order valence-electron chi connectivity index (χ4n) is 4.28. The first-order valence-corrected chi connectivity index (χ1v) is 13.3. The molecule has 0 fully saturated rings. The molecule has 164 valence electrons. The van der Waals surface area contributed by atoms with Crippen LogP contribution >= 0.6 is 0 Å². The van der Waals surface area contributed by atoms with Gasteiger partial charge in [-0.15, -0.1) is 0 Å². The summed E-state index contributed by atoms with van der Waals surface area (Å²) in [5.74, 6) is 0.971. The number of rotatable bonds is 23. The van der Waals surface area contributed by atoms with E-state index >= 15 is 0 Å². The minimum atomic E-state index is 0.971. The first kappa shape index (κ1) is 27.0. The highest BCUT2D eigenvalue weighted by atomic mass is 14.1. The van der Waals surface area contributed by atoms with Crippen LogP contribution < -0.4 is 0 Å². The van der Waals surface area contributed by atoms with Gasteiger partial charge in [-0.2, -0.15) is 0 Å². The van der Waals surface area contributed by atoms with Crippen molar-refractivity contribution in [2.45, 2.75) is 168 Å². The molecule has 0 nitrogen and oxygen atoms in total. The predicted molar refractivity (Wildman–Crippen MR) is 127 cm³/mol. The van der Waals surface area contributed by atoms with Gasteiger partial charge in [0, 0.05) is 0 Å². The summed E-state index contributed by atoms with van der Waals surface area (Å²) in [5.41, 5.74) is 0. The molecule has 0 N–H and O–H groups in total. The lowest BCUT2D eigenvalue weighted by Gasteiger charge is -2.11. The maximum absolute atomic E-state index is 2.48. The topological polar surface area (TPSA) is 0 Å². The zero-order chi connectivity index (χ0) is 19.8. The minimum absolute atomic E-state index is 0.971. The molecular formula is C27H56. The third kappa shape index (κ3) is 24.0. The smallest absolute Gasteiger partial charge is 0.0443 e. The van der Waals surface area contributed by atoms with Gasteiger partial charge in [0.15, 0.2) is 0 Å². The summed E-state index contributed by atoms with van der Waals surface area (Å²) in [6, 6.07) is 0. The summed E-state index contributed by atoms with van der Waals surface area (Å²) >= 11 is 0. The Morgan fingerprint density at radius 3 is 0.815 bits per heavy atom. The van der Waals surface area contributed by atoms with Gasteiger partial charge in [-0.25, -0.2) is 0 Å². The molecule has 0 aliphatic rings. The molecule has 0 aromatic carbocycles. The molecule has 0 rings (SSSR count). The molecule has 0 saturated carbocycles. The van der Waals surface area contributed by atoms with E-state index in [1.165, 1.54) is 148 Å². The predicted octanol–water partition coefficient (Wildman–Crippen LogP) is 10.6. The lowest BCUT2D eigenvalue weighted by Crippen LogP contribution is -1.95. The van der Waals surface area contributed by atoms with Crippen LogP contribution in [0.25, 0.3) is 0 Å². The molecule has 0 aliphatic carbocycles. The summed E-state index contributed by atoms with van der Waals surface area (Å²) in [7, 11) is 0. The molecule has 0 spiro atoms. The molecule has 0 aromatic rings. The summed E-state index contributed by atoms with van der Waals surface area (Å²) < 4.78 is 0. The van der Waals surface area contributed by atoms with Crippen LogP contribution in [0.2, 0.25) is 0 Å². The van der Waals surface area contributed by atoms with Crippen molar-refractivity contribution >= 4 is 0 Å². The maximum atomic E-state index is 2.48. The summed E-state index contributed by atoms with van der Waals surface area (Å²) in [5, 5.41) is 0. The molecule has 0 aliphatic heterocycles. The Morgan fingerprint density at radius 1 is 0.333 bits per heavy atom. The highest BCUT2D eigenvalue weighted by molar-refractivity contribution is 4.56. The van der Waals surface area contributed by atoms with Gasteiger partial charge in [-0.3, -0.25) is 0 Å². The molecule has 0 saturated heterocycles. The molecule has 0 bridgehead atoms. The van der Waals surface area contributed by atoms with Gasteiger partial charge in [0.05, 0.1) is 0 Å². The Morgan fingerprint density at radius 2 is 0.556 bits per heavy atom. The van der Waals surface area contributed by atoms with Crippen LogP contribution in [-0.4, -0.2) is 0 Å². The van der Waals surface area contributed by atoms with Crippen molar-refractivity contribution in [3.05, 3.63) is 0 Å². The fraction of sp³-hybridized carbons (Fsp3) is 1.00. The fourth-order valence-corrected chi connectivity index (χ4v) is 4.28. The van der Waals surface area contributed by atoms with E-state index in [1.807, 2.05) is 0 Å². The quantitative estimate of drug-likeness (QED) is 0.155. The van der Waals surface area contributed by atoms with Gasteiger partial charge in [-0.1, -0.05) is 168 Å². The molecular weight excluding hydrogens is 324 g/mol. The first-order valence-electron chi connectivity index (χ1n) is 13.3. The number of unbranched alkanes of at least 4 members (excludes halogenated alkanes) is 19. The third-order valence-corrected chi connectivity index (χ3v) is 6.35. The van der Waals surface area contributed by atoms with Crippen LogP contribution in [0.3, 0.4) is 0 Å². The van der Waals surface area contributed by atoms with Crippen molar-refractivity contribution in [3.63, 3.8) is 0 Å². The molecule has 0 amide bonds. The molecule has 0 heterocycles. The van der Waals surface area contributed by atoms with Crippen molar-refractivity contribution in [1.82, 2.24) is 0 Å². The largest absolute Gasteiger partial charge is 0.0654 e. The van der Waals surface area contributed by atoms with Crippen molar-refractivity contribution < 1.29 is 0 Å². The summed E-state index contributed by atoms with van der Waals surface area (Å²) in [4.78, 5) is 0. The standard InChI is InChI=1S/C27H56/c1-4-6-8-10-12-13-14-15-16-17-18-19-20-22-24-26-27(3)25-23-21-11-9-7-5-2/h27H,4-26H2,1-3H3. The van der Waals surface area contributed by atoms with Crippen molar-refractivity contribution in [3.8, 4) is 0 Å². The molecule has 0 aromatic heterocycles. The van der Waals surface area contributed by atoms with E-state index in [2.05, 4.69) is 20.8 Å². The van der Waals surface area contributed by atoms with Gasteiger partial charge in [-0.05, 0) is 5.92 Å². The number of hydrogen-bond acceptors (Lipinski definition) is 0. The SMILES string of the molecule is CCCCCCCCCCCCCCCCCC(C)CCCCCCCC. The Hall–Kier alpha value is 0. The Kier molecular flexibility index (Phi) is 24.0. The lowest BCUT2D eigenvalue weighted by atomic mass is 9.96. The van der Waals surface area contributed by atoms with Crippen LogP contribution in [-0.2, 0) is 0 Å². The van der Waals surface area contributed by atoms with E-state index in [0.717, 1.165) is 5.92 Å². The summed E-state index contributed by atoms with van der Waals surface area (Å²) in [6.45, 7) is 7.09. The molecule has 1 atom stereocenters. The zero-order valence-electron chi connectivity index (χ0n) is 19.8. The molecule has 27 heavy (non-hydrogen) atoms. The van der Waals surface area contributed by atoms with Gasteiger partial charge >= 0.3 is 0 Å². The highest BCUT2D eigenvalue weighted by Gasteiger charge is 2.02. The van der Waals surface area contributed by atoms with Crippen molar-refractivity contribution in [2.75, 3.05) is 0 Å². The van der Waals surface area contributed by atoms with Crippen LogP contribution in [0.15, 0.2) is 0 Å². The molecule has 0 radical (unpaired) electrons. The van der Waals surface area contributed by atoms with Crippen LogP contribution in [0.4, 0.5) is 0 Å². The molecule has 0 heteroatoms. The average molecular weight is 381 g/mol. The van der Waals surface area contributed by atoms with E-state index < -0.39 is 0 Å². The molecule has 1 unspecified atom stereocenters. The average Bonchev–Trinajstić information content (AvgIpc) is 2.67. The second kappa shape index (κ2) is 24.0. The van der Waals surface area contributed by atoms with E-state index in [4.69, 9.17) is 0 Å². The minimum Gasteiger partial charge on any atom is -0.0654 e. The Labute approximate surface area is 174 Å². The Bertz CT molecular complexity index is 244. The normalized spacial score (nSPS) is 12.6. The van der Waals surface area contributed by atoms with Crippen LogP contribution in [0, 0.1) is 5.92 Å². The van der Waals surface area contributed by atoms with E-state index in [1.54, 1.807) is 0 Å². The van der Waals surface area contributed by atoms with Crippen molar-refractivity contribution in [1.29, 1.82) is 0 Å². The lowest BCUT2D eigenvalue weighted by molar-refractivity contribution is 0.430. The van der Waals surface area contributed by atoms with Crippen LogP contribution in [0.1, 0.15) is 168 Å². The summed E-state index contributed by atoms with van der Waals surface area (Å²) in [6.07, 6.45) is 33.8. The van der Waals surface area contributed by atoms with E-state index in [9.17, 15) is 0 Å². The van der Waals surface area contributed by atoms with Crippen molar-refractivity contribution in [2.24, 2.45) is 5.92 Å². The third-order valence-electron chi connectivity index (χ3n) is 6.35. The first-order chi connectivity index (χ1) is 13.3. The second-order valence-electron chi connectivity index (χ2n) is 9.40. The monoisotopic (exact) mass is 380 g/mol. The highest BCUT2D eigenvalue weighted by Crippen LogP contribution is 2.19. The van der Waals surface area contributed by atoms with Gasteiger partial charge in [0.25, 0.3) is 0 Å².